The van der Waals surface area contributed by atoms with E-state index in [0.717, 1.165) is 9.35 Å². The van der Waals surface area contributed by atoms with E-state index in [1.807, 2.05) is 11.4 Å². The molecule has 3 nitrogen and oxygen atoms in total. The first-order valence-corrected chi connectivity index (χ1v) is 5.27. The zero-order valence-corrected chi connectivity index (χ0v) is 8.93. The number of hydrogen-bond donors (Lipinski definition) is 1. The Balaban J connectivity index is 2.35. The van der Waals surface area contributed by atoms with E-state index in [2.05, 4.69) is 21.1 Å². The van der Waals surface area contributed by atoms with Crippen molar-refractivity contribution in [2.24, 2.45) is 0 Å². The normalized spacial score (nSPS) is 10.6. The molecule has 13 heavy (non-hydrogen) atoms. The molecule has 1 N–H and O–H groups in total. The van der Waals surface area contributed by atoms with Crippen LogP contribution in [0.25, 0.3) is 10.6 Å². The van der Waals surface area contributed by atoms with E-state index in [4.69, 9.17) is 9.63 Å². The number of aromatic nitrogens is 1. The van der Waals surface area contributed by atoms with Crippen LogP contribution in [0.3, 0.4) is 0 Å². The zero-order chi connectivity index (χ0) is 9.26. The van der Waals surface area contributed by atoms with Gasteiger partial charge in [-0.25, -0.2) is 0 Å². The Labute approximate surface area is 87.1 Å². The SMILES string of the molecule is OCc1cc(-c2cc(Br)cs2)on1. The van der Waals surface area contributed by atoms with Gasteiger partial charge in [0.1, 0.15) is 5.69 Å². The summed E-state index contributed by atoms with van der Waals surface area (Å²) in [6, 6.07) is 3.69. The van der Waals surface area contributed by atoms with E-state index in [1.54, 1.807) is 17.4 Å². The first kappa shape index (κ1) is 8.93. The van der Waals surface area contributed by atoms with Crippen molar-refractivity contribution in [3.8, 4) is 10.6 Å². The van der Waals surface area contributed by atoms with Crippen LogP contribution in [0.2, 0.25) is 0 Å². The third-order valence-electron chi connectivity index (χ3n) is 1.53. The molecule has 0 atom stereocenters. The maximum atomic E-state index is 8.77. The lowest BCUT2D eigenvalue weighted by molar-refractivity contribution is 0.267. The van der Waals surface area contributed by atoms with E-state index >= 15 is 0 Å². The molecule has 0 aromatic carbocycles. The van der Waals surface area contributed by atoms with Gasteiger partial charge in [0.2, 0.25) is 0 Å². The molecule has 2 rings (SSSR count). The number of nitrogens with zero attached hydrogens (tertiary/aromatic N) is 1. The number of halogens is 1. The Morgan fingerprint density at radius 2 is 2.38 bits per heavy atom. The number of aliphatic hydroxyl groups is 1. The monoisotopic (exact) mass is 259 g/mol. The molecule has 68 valence electrons. The Bertz CT molecular complexity index is 410. The smallest absolute Gasteiger partial charge is 0.177 e. The van der Waals surface area contributed by atoms with Crippen molar-refractivity contribution in [1.29, 1.82) is 0 Å². The summed E-state index contributed by atoms with van der Waals surface area (Å²) >= 11 is 4.92. The molecule has 0 amide bonds. The fourth-order valence-corrected chi connectivity index (χ4v) is 2.32. The Morgan fingerprint density at radius 3 is 2.92 bits per heavy atom. The minimum absolute atomic E-state index is 0.0873. The van der Waals surface area contributed by atoms with Gasteiger partial charge < -0.3 is 9.63 Å². The number of hydrogen-bond acceptors (Lipinski definition) is 4. The number of aliphatic hydroxyl groups excluding tert-OH is 1. The van der Waals surface area contributed by atoms with Crippen molar-refractivity contribution in [3.63, 3.8) is 0 Å². The summed E-state index contributed by atoms with van der Waals surface area (Å²) in [6.45, 7) is -0.0873. The first-order valence-electron chi connectivity index (χ1n) is 3.60. The van der Waals surface area contributed by atoms with Crippen molar-refractivity contribution in [1.82, 2.24) is 5.16 Å². The lowest BCUT2D eigenvalue weighted by atomic mass is 10.3. The molecular weight excluding hydrogens is 254 g/mol. The van der Waals surface area contributed by atoms with Gasteiger partial charge in [-0.1, -0.05) is 5.16 Å². The van der Waals surface area contributed by atoms with Crippen molar-refractivity contribution < 1.29 is 9.63 Å². The summed E-state index contributed by atoms with van der Waals surface area (Å²) in [5.41, 5.74) is 0.555. The number of thiophene rings is 1. The third kappa shape index (κ3) is 1.82. The van der Waals surface area contributed by atoms with Gasteiger partial charge in [-0.05, 0) is 22.0 Å². The lowest BCUT2D eigenvalue weighted by Gasteiger charge is -1.83. The molecule has 0 spiro atoms. The van der Waals surface area contributed by atoms with Crippen molar-refractivity contribution in [2.45, 2.75) is 6.61 Å². The molecule has 0 aliphatic heterocycles. The maximum absolute atomic E-state index is 8.77. The molecular formula is C8H6BrNO2S. The molecule has 0 aliphatic carbocycles. The van der Waals surface area contributed by atoms with Gasteiger partial charge in [0, 0.05) is 15.9 Å². The minimum atomic E-state index is -0.0873. The van der Waals surface area contributed by atoms with Gasteiger partial charge >= 0.3 is 0 Å². The molecule has 0 saturated heterocycles. The predicted octanol–water partition coefficient (Wildman–Crippen LogP) is 2.66. The molecule has 2 aromatic heterocycles. The van der Waals surface area contributed by atoms with Crippen LogP contribution >= 0.6 is 27.3 Å². The highest BCUT2D eigenvalue weighted by atomic mass is 79.9. The third-order valence-corrected chi connectivity index (χ3v) is 3.24. The highest BCUT2D eigenvalue weighted by Gasteiger charge is 2.07. The quantitative estimate of drug-likeness (QED) is 0.902. The van der Waals surface area contributed by atoms with Gasteiger partial charge in [0.25, 0.3) is 0 Å². The average Bonchev–Trinajstić information content (AvgIpc) is 2.71. The molecule has 2 aromatic rings. The predicted molar refractivity (Wildman–Crippen MR) is 53.4 cm³/mol. The van der Waals surface area contributed by atoms with E-state index in [1.165, 1.54) is 0 Å². The highest BCUT2D eigenvalue weighted by Crippen LogP contribution is 2.30. The average molecular weight is 260 g/mol. The van der Waals surface area contributed by atoms with Gasteiger partial charge in [-0.2, -0.15) is 0 Å². The molecule has 0 bridgehead atoms. The Morgan fingerprint density at radius 1 is 1.54 bits per heavy atom. The van der Waals surface area contributed by atoms with Gasteiger partial charge in [0.15, 0.2) is 5.76 Å². The van der Waals surface area contributed by atoms with Crippen LogP contribution in [0.4, 0.5) is 0 Å². The molecule has 0 unspecified atom stereocenters. The first-order chi connectivity index (χ1) is 6.29. The van der Waals surface area contributed by atoms with E-state index in [0.29, 0.717) is 11.5 Å². The lowest BCUT2D eigenvalue weighted by Crippen LogP contribution is -1.78. The summed E-state index contributed by atoms with van der Waals surface area (Å²) in [5.74, 6) is 0.694. The minimum Gasteiger partial charge on any atom is -0.390 e. The van der Waals surface area contributed by atoms with Crippen LogP contribution in [-0.4, -0.2) is 10.3 Å². The van der Waals surface area contributed by atoms with Gasteiger partial charge in [-0.3, -0.25) is 0 Å². The largest absolute Gasteiger partial charge is 0.390 e. The topological polar surface area (TPSA) is 46.3 Å². The second-order valence-corrected chi connectivity index (χ2v) is 4.30. The Hall–Kier alpha value is -0.650. The summed E-state index contributed by atoms with van der Waals surface area (Å²) in [4.78, 5) is 0.999. The van der Waals surface area contributed by atoms with Crippen molar-refractivity contribution >= 4 is 27.3 Å². The highest BCUT2D eigenvalue weighted by molar-refractivity contribution is 9.10. The van der Waals surface area contributed by atoms with Crippen molar-refractivity contribution in [2.75, 3.05) is 0 Å². The molecule has 0 radical (unpaired) electrons. The van der Waals surface area contributed by atoms with Crippen LogP contribution < -0.4 is 0 Å². The van der Waals surface area contributed by atoms with Crippen LogP contribution in [0.1, 0.15) is 5.69 Å². The second kappa shape index (κ2) is 3.61. The van der Waals surface area contributed by atoms with Crippen molar-refractivity contribution in [3.05, 3.63) is 27.7 Å². The fourth-order valence-electron chi connectivity index (χ4n) is 0.945. The van der Waals surface area contributed by atoms with Crippen LogP contribution in [-0.2, 0) is 6.61 Å². The summed E-state index contributed by atoms with van der Waals surface area (Å²) in [5, 5.41) is 14.4. The molecule has 0 saturated carbocycles. The second-order valence-electron chi connectivity index (χ2n) is 2.47. The summed E-state index contributed by atoms with van der Waals surface area (Å²) in [6.07, 6.45) is 0. The molecule has 0 fully saturated rings. The maximum Gasteiger partial charge on any atom is 0.177 e. The number of rotatable bonds is 2. The fraction of sp³-hybridized carbons (Fsp3) is 0.125. The molecule has 0 aliphatic rings. The summed E-state index contributed by atoms with van der Waals surface area (Å²) < 4.78 is 6.06. The van der Waals surface area contributed by atoms with E-state index < -0.39 is 0 Å². The zero-order valence-electron chi connectivity index (χ0n) is 6.53. The van der Waals surface area contributed by atoms with Crippen LogP contribution in [0, 0.1) is 0 Å². The van der Waals surface area contributed by atoms with E-state index in [-0.39, 0.29) is 6.61 Å². The van der Waals surface area contributed by atoms with Gasteiger partial charge in [-0.15, -0.1) is 11.3 Å². The molecule has 2 heterocycles. The Kier molecular flexibility index (Phi) is 2.48. The molecule has 5 heteroatoms. The standard InChI is InChI=1S/C8H6BrNO2S/c9-5-1-8(13-4-5)7-2-6(3-11)10-12-7/h1-2,4,11H,3H2. The van der Waals surface area contributed by atoms with Crippen LogP contribution in [0.5, 0.6) is 0 Å². The van der Waals surface area contributed by atoms with E-state index in [9.17, 15) is 0 Å². The van der Waals surface area contributed by atoms with Crippen LogP contribution in [0.15, 0.2) is 26.5 Å². The van der Waals surface area contributed by atoms with Gasteiger partial charge in [0.05, 0.1) is 11.5 Å². The summed E-state index contributed by atoms with van der Waals surface area (Å²) in [7, 11) is 0.